The Bertz CT molecular complexity index is 2110. The van der Waals surface area contributed by atoms with E-state index in [0.29, 0.717) is 22.5 Å². The maximum atomic E-state index is 15.5. The van der Waals surface area contributed by atoms with Crippen LogP contribution in [0.3, 0.4) is 0 Å². The van der Waals surface area contributed by atoms with Gasteiger partial charge in [-0.15, -0.1) is 10.2 Å². The first kappa shape index (κ1) is 35.4. The molecule has 8 nitrogen and oxygen atoms in total. The first-order valence-corrected chi connectivity index (χ1v) is 17.7. The predicted octanol–water partition coefficient (Wildman–Crippen LogP) is 7.61. The maximum absolute atomic E-state index is 15.5. The molecule has 10 heteroatoms. The second-order valence-electron chi connectivity index (χ2n) is 13.7. The Hall–Kier alpha value is -6.03. The van der Waals surface area contributed by atoms with Crippen molar-refractivity contribution in [2.24, 2.45) is 0 Å². The van der Waals surface area contributed by atoms with Gasteiger partial charge in [0.15, 0.2) is 5.82 Å². The summed E-state index contributed by atoms with van der Waals surface area (Å²) in [6, 6.07) is 39.4. The van der Waals surface area contributed by atoms with Gasteiger partial charge in [0.1, 0.15) is 24.1 Å². The van der Waals surface area contributed by atoms with Gasteiger partial charge < -0.3 is 10.2 Å². The zero-order chi connectivity index (χ0) is 37.1. The van der Waals surface area contributed by atoms with Crippen molar-refractivity contribution in [3.05, 3.63) is 173 Å². The van der Waals surface area contributed by atoms with Crippen LogP contribution in [0.5, 0.6) is 0 Å². The first-order chi connectivity index (χ1) is 25.7. The van der Waals surface area contributed by atoms with Crippen molar-refractivity contribution >= 4 is 11.8 Å². The number of likely N-dealkylation sites (tertiary alicyclic amines) is 1. The van der Waals surface area contributed by atoms with Gasteiger partial charge in [-0.2, -0.15) is 4.39 Å². The molecule has 0 bridgehead atoms. The normalized spacial score (nSPS) is 16.5. The van der Waals surface area contributed by atoms with Crippen LogP contribution in [-0.2, 0) is 15.1 Å². The van der Waals surface area contributed by atoms with Gasteiger partial charge >= 0.3 is 0 Å². The minimum atomic E-state index is -1.33. The number of halogens is 2. The molecule has 1 aliphatic heterocycles. The van der Waals surface area contributed by atoms with Gasteiger partial charge in [-0.25, -0.2) is 9.37 Å². The largest absolute Gasteiger partial charge is 0.342 e. The molecular weight excluding hydrogens is 671 g/mol. The number of benzene rings is 4. The predicted molar refractivity (Wildman–Crippen MR) is 199 cm³/mol. The second-order valence-corrected chi connectivity index (χ2v) is 13.7. The highest BCUT2D eigenvalue weighted by Crippen LogP contribution is 2.43. The minimum absolute atomic E-state index is 0.109. The topological polar surface area (TPSA) is 93.0 Å². The monoisotopic (exact) mass is 710 g/mol. The van der Waals surface area contributed by atoms with Crippen molar-refractivity contribution in [3.8, 4) is 11.4 Å². The number of hydrogen-bond donors (Lipinski definition) is 1. The molecule has 1 aliphatic rings. The average molecular weight is 711 g/mol. The molecule has 0 spiro atoms. The molecule has 2 aromatic heterocycles. The van der Waals surface area contributed by atoms with Gasteiger partial charge in [0.2, 0.25) is 17.8 Å². The van der Waals surface area contributed by atoms with Crippen LogP contribution in [0.4, 0.5) is 8.78 Å². The van der Waals surface area contributed by atoms with E-state index in [9.17, 15) is 14.0 Å². The van der Waals surface area contributed by atoms with E-state index in [4.69, 9.17) is 0 Å². The number of pyridine rings is 1. The zero-order valence-corrected chi connectivity index (χ0v) is 29.7. The summed E-state index contributed by atoms with van der Waals surface area (Å²) in [5.41, 5.74) is 4.04. The van der Waals surface area contributed by atoms with E-state index < -0.39 is 41.6 Å². The highest BCUT2D eigenvalue weighted by Gasteiger charge is 2.41. The van der Waals surface area contributed by atoms with Crippen molar-refractivity contribution in [2.75, 3.05) is 6.54 Å². The van der Waals surface area contributed by atoms with Crippen molar-refractivity contribution in [1.82, 2.24) is 30.0 Å². The van der Waals surface area contributed by atoms with E-state index in [1.54, 1.807) is 18.5 Å². The number of nitrogens with one attached hydrogen (secondary N) is 1. The molecule has 1 N–H and O–H groups in total. The van der Waals surface area contributed by atoms with E-state index >= 15 is 4.39 Å². The SMILES string of the molecule is CC(=O)N1CC(F)CC1C(=O)NC(c1cccc(-c2nncn2C(c2ccccc2)(c2ccccc2)c2ccccc2)c1)c1ccc(C(C)C)c(F)n1. The third-order valence-corrected chi connectivity index (χ3v) is 10.0. The van der Waals surface area contributed by atoms with Gasteiger partial charge in [-0.3, -0.25) is 14.2 Å². The Morgan fingerprint density at radius 2 is 1.43 bits per heavy atom. The standard InChI is InChI=1S/C43H40F2N6O2/c1-28(2)36-22-23-37(47-40(36)45)39(48-42(53)38-25-35(44)26-50(38)29(3)52)30-14-13-15-31(24-30)41-49-46-27-51(41)43(32-16-7-4-8-17-32,33-18-9-5-10-19-33)34-20-11-6-12-21-34/h4-24,27-28,35,38-39H,25-26H2,1-3H3,(H,48,53). The Morgan fingerprint density at radius 3 is 1.98 bits per heavy atom. The molecule has 0 radical (unpaired) electrons. The third-order valence-electron chi connectivity index (χ3n) is 10.0. The number of carbonyl (C=O) groups is 2. The highest BCUT2D eigenvalue weighted by molar-refractivity contribution is 5.88. The number of carbonyl (C=O) groups excluding carboxylic acids is 2. The molecule has 3 atom stereocenters. The molecule has 0 aliphatic carbocycles. The van der Waals surface area contributed by atoms with E-state index in [2.05, 4.69) is 61.5 Å². The summed E-state index contributed by atoms with van der Waals surface area (Å²) in [5, 5.41) is 12.1. The lowest BCUT2D eigenvalue weighted by Gasteiger charge is -2.38. The summed E-state index contributed by atoms with van der Waals surface area (Å²) >= 11 is 0. The van der Waals surface area contributed by atoms with Crippen LogP contribution in [0.1, 0.15) is 72.7 Å². The van der Waals surface area contributed by atoms with E-state index in [1.807, 2.05) is 92.7 Å². The van der Waals surface area contributed by atoms with Crippen molar-refractivity contribution < 1.29 is 18.4 Å². The number of aromatic nitrogens is 4. The molecule has 6 aromatic rings. The quantitative estimate of drug-likeness (QED) is 0.117. The molecule has 2 amide bonds. The molecule has 3 unspecified atom stereocenters. The first-order valence-electron chi connectivity index (χ1n) is 17.7. The van der Waals surface area contributed by atoms with E-state index in [-0.39, 0.29) is 24.6 Å². The molecule has 268 valence electrons. The third kappa shape index (κ3) is 6.72. The van der Waals surface area contributed by atoms with Crippen LogP contribution in [-0.4, -0.2) is 55.2 Å². The minimum Gasteiger partial charge on any atom is -0.342 e. The Labute approximate surface area is 307 Å². The van der Waals surface area contributed by atoms with Crippen molar-refractivity contribution in [3.63, 3.8) is 0 Å². The Kier molecular flexibility index (Phi) is 9.95. The summed E-state index contributed by atoms with van der Waals surface area (Å²) in [6.45, 7) is 4.91. The number of alkyl halides is 1. The van der Waals surface area contributed by atoms with Gasteiger partial charge in [0, 0.05) is 24.5 Å². The fourth-order valence-corrected chi connectivity index (χ4v) is 7.49. The van der Waals surface area contributed by atoms with Crippen LogP contribution in [0.15, 0.2) is 134 Å². The lowest BCUT2D eigenvalue weighted by atomic mass is 9.76. The summed E-state index contributed by atoms with van der Waals surface area (Å²) in [5.74, 6) is -1.15. The summed E-state index contributed by atoms with van der Waals surface area (Å²) in [6.07, 6.45) is 0.262. The molecule has 1 saturated heterocycles. The van der Waals surface area contributed by atoms with Crippen LogP contribution in [0.25, 0.3) is 11.4 Å². The molecular formula is C43H40F2N6O2. The summed E-state index contributed by atoms with van der Waals surface area (Å²) in [7, 11) is 0. The number of nitrogens with zero attached hydrogens (tertiary/aromatic N) is 5. The summed E-state index contributed by atoms with van der Waals surface area (Å²) in [4.78, 5) is 31.8. The van der Waals surface area contributed by atoms with Gasteiger partial charge in [-0.05, 0) is 40.3 Å². The smallest absolute Gasteiger partial charge is 0.243 e. The van der Waals surface area contributed by atoms with Gasteiger partial charge in [0.25, 0.3) is 0 Å². The number of hydrogen-bond acceptors (Lipinski definition) is 5. The van der Waals surface area contributed by atoms with Gasteiger partial charge in [-0.1, -0.05) is 129 Å². The molecule has 7 rings (SSSR count). The molecule has 53 heavy (non-hydrogen) atoms. The number of amides is 2. The fourth-order valence-electron chi connectivity index (χ4n) is 7.49. The number of rotatable bonds is 10. The second kappa shape index (κ2) is 14.9. The highest BCUT2D eigenvalue weighted by atomic mass is 19.1. The summed E-state index contributed by atoms with van der Waals surface area (Å²) < 4.78 is 32.1. The molecule has 3 heterocycles. The Balaban J connectivity index is 1.38. The fraction of sp³-hybridized carbons (Fsp3) is 0.233. The van der Waals surface area contributed by atoms with E-state index in [1.165, 1.54) is 11.8 Å². The van der Waals surface area contributed by atoms with Crippen LogP contribution < -0.4 is 5.32 Å². The molecule has 0 saturated carbocycles. The average Bonchev–Trinajstić information content (AvgIpc) is 3.83. The van der Waals surface area contributed by atoms with Crippen LogP contribution in [0, 0.1) is 5.95 Å². The Morgan fingerprint density at radius 1 is 0.830 bits per heavy atom. The zero-order valence-electron chi connectivity index (χ0n) is 29.7. The van der Waals surface area contributed by atoms with Gasteiger partial charge in [0.05, 0.1) is 18.3 Å². The molecule has 1 fully saturated rings. The van der Waals surface area contributed by atoms with Crippen molar-refractivity contribution in [1.29, 1.82) is 0 Å². The van der Waals surface area contributed by atoms with E-state index in [0.717, 1.165) is 16.7 Å². The van der Waals surface area contributed by atoms with Crippen molar-refractivity contribution in [2.45, 2.75) is 56.9 Å². The maximum Gasteiger partial charge on any atom is 0.243 e. The lowest BCUT2D eigenvalue weighted by molar-refractivity contribution is -0.137. The van der Waals surface area contributed by atoms with Crippen LogP contribution >= 0.6 is 0 Å². The van der Waals surface area contributed by atoms with Crippen LogP contribution in [0.2, 0.25) is 0 Å². The lowest BCUT2D eigenvalue weighted by Crippen LogP contribution is -2.46. The molecule has 4 aromatic carbocycles.